The number of nitrogens with zero attached hydrogens (tertiary/aromatic N) is 5. The van der Waals surface area contributed by atoms with Crippen LogP contribution in [-0.2, 0) is 0 Å². The molecule has 6 nitrogen and oxygen atoms in total. The molecule has 0 amide bonds. The number of benzene rings is 2. The summed E-state index contributed by atoms with van der Waals surface area (Å²) in [4.78, 5) is 4.36. The Morgan fingerprint density at radius 3 is 2.68 bits per heavy atom. The average Bonchev–Trinajstić information content (AvgIpc) is 3.23. The van der Waals surface area contributed by atoms with Gasteiger partial charge in [-0.25, -0.2) is 9.07 Å². The molecule has 0 aliphatic heterocycles. The number of halogens is 2. The van der Waals surface area contributed by atoms with Crippen molar-refractivity contribution in [3.8, 4) is 28.7 Å². The second-order valence-corrected chi connectivity index (χ2v) is 6.24. The predicted molar refractivity (Wildman–Crippen MR) is 92.5 cm³/mol. The van der Waals surface area contributed by atoms with Gasteiger partial charge in [0.05, 0.1) is 5.69 Å². The highest BCUT2D eigenvalue weighted by Crippen LogP contribution is 2.25. The van der Waals surface area contributed by atoms with E-state index >= 15 is 0 Å². The van der Waals surface area contributed by atoms with Gasteiger partial charge in [-0.2, -0.15) is 4.98 Å². The summed E-state index contributed by atoms with van der Waals surface area (Å²) in [6, 6.07) is 14.2. The molecule has 8 heteroatoms. The molecule has 25 heavy (non-hydrogen) atoms. The van der Waals surface area contributed by atoms with Crippen LogP contribution in [0.5, 0.6) is 0 Å². The van der Waals surface area contributed by atoms with Crippen LogP contribution in [0.25, 0.3) is 28.7 Å². The first-order valence-corrected chi connectivity index (χ1v) is 8.20. The summed E-state index contributed by atoms with van der Waals surface area (Å²) < 4.78 is 21.5. The molecule has 2 aromatic heterocycles. The van der Waals surface area contributed by atoms with Crippen molar-refractivity contribution in [2.24, 2.45) is 0 Å². The number of rotatable bonds is 3. The smallest absolute Gasteiger partial charge is 0.280 e. The van der Waals surface area contributed by atoms with Crippen molar-refractivity contribution in [2.75, 3.05) is 0 Å². The Morgan fingerprint density at radius 2 is 1.92 bits per heavy atom. The first kappa shape index (κ1) is 15.6. The second kappa shape index (κ2) is 6.21. The third kappa shape index (κ3) is 2.85. The SMILES string of the molecule is Cc1c(-c2nc(-c3ccccc3)no2)nnn1-c1ccc(Br)cc1F. The third-order valence-electron chi connectivity index (χ3n) is 3.69. The molecule has 0 fully saturated rings. The quantitative estimate of drug-likeness (QED) is 0.516. The molecule has 0 aliphatic carbocycles. The number of aromatic nitrogens is 5. The molecule has 0 spiro atoms. The van der Waals surface area contributed by atoms with Gasteiger partial charge in [-0.3, -0.25) is 0 Å². The van der Waals surface area contributed by atoms with Crippen molar-refractivity contribution < 1.29 is 8.91 Å². The van der Waals surface area contributed by atoms with E-state index in [0.29, 0.717) is 27.4 Å². The van der Waals surface area contributed by atoms with E-state index in [1.165, 1.54) is 10.7 Å². The largest absolute Gasteiger partial charge is 0.332 e. The lowest BCUT2D eigenvalue weighted by Gasteiger charge is -2.04. The van der Waals surface area contributed by atoms with Gasteiger partial charge >= 0.3 is 0 Å². The summed E-state index contributed by atoms with van der Waals surface area (Å²) in [6.45, 7) is 1.77. The number of hydrogen-bond donors (Lipinski definition) is 0. The summed E-state index contributed by atoms with van der Waals surface area (Å²) >= 11 is 3.24. The van der Waals surface area contributed by atoms with E-state index in [4.69, 9.17) is 4.52 Å². The van der Waals surface area contributed by atoms with E-state index in [-0.39, 0.29) is 5.89 Å². The minimum Gasteiger partial charge on any atom is -0.332 e. The second-order valence-electron chi connectivity index (χ2n) is 5.32. The van der Waals surface area contributed by atoms with Crippen LogP contribution in [0.2, 0.25) is 0 Å². The van der Waals surface area contributed by atoms with Crippen LogP contribution >= 0.6 is 15.9 Å². The molecule has 0 bridgehead atoms. The minimum atomic E-state index is -0.413. The van der Waals surface area contributed by atoms with E-state index in [0.717, 1.165) is 5.56 Å². The third-order valence-corrected chi connectivity index (χ3v) is 4.19. The van der Waals surface area contributed by atoms with Crippen LogP contribution in [0.1, 0.15) is 5.69 Å². The van der Waals surface area contributed by atoms with Crippen LogP contribution < -0.4 is 0 Å². The lowest BCUT2D eigenvalue weighted by molar-refractivity contribution is 0.430. The topological polar surface area (TPSA) is 69.6 Å². The van der Waals surface area contributed by atoms with Crippen molar-refractivity contribution in [3.05, 3.63) is 64.5 Å². The van der Waals surface area contributed by atoms with Gasteiger partial charge in [-0.15, -0.1) is 5.10 Å². The molecule has 0 saturated heterocycles. The van der Waals surface area contributed by atoms with E-state index in [2.05, 4.69) is 36.4 Å². The minimum absolute atomic E-state index is 0.236. The molecular weight excluding hydrogens is 389 g/mol. The maximum Gasteiger partial charge on any atom is 0.280 e. The van der Waals surface area contributed by atoms with Crippen molar-refractivity contribution in [1.82, 2.24) is 25.1 Å². The Balaban J connectivity index is 1.74. The van der Waals surface area contributed by atoms with E-state index in [1.54, 1.807) is 19.1 Å². The first-order chi connectivity index (χ1) is 12.1. The maximum atomic E-state index is 14.2. The zero-order valence-corrected chi connectivity index (χ0v) is 14.6. The Kier molecular flexibility index (Phi) is 3.89. The van der Waals surface area contributed by atoms with Crippen LogP contribution in [0.4, 0.5) is 4.39 Å². The predicted octanol–water partition coefficient (Wildman–Crippen LogP) is 4.19. The zero-order chi connectivity index (χ0) is 17.4. The Bertz CT molecular complexity index is 1040. The summed E-state index contributed by atoms with van der Waals surface area (Å²) in [6.07, 6.45) is 0. The monoisotopic (exact) mass is 399 g/mol. The average molecular weight is 400 g/mol. The molecule has 0 radical (unpaired) electrons. The van der Waals surface area contributed by atoms with Crippen molar-refractivity contribution >= 4 is 15.9 Å². The summed E-state index contributed by atoms with van der Waals surface area (Å²) in [5.41, 5.74) is 2.14. The van der Waals surface area contributed by atoms with Gasteiger partial charge in [0.1, 0.15) is 11.5 Å². The first-order valence-electron chi connectivity index (χ1n) is 7.41. The standard InChI is InChI=1S/C17H11BrFN5O/c1-10-15(17-20-16(22-25-17)11-5-3-2-4-6-11)21-23-24(10)14-8-7-12(18)9-13(14)19/h2-9H,1H3. The van der Waals surface area contributed by atoms with Crippen LogP contribution in [0.3, 0.4) is 0 Å². The molecule has 2 aromatic carbocycles. The summed E-state index contributed by atoms with van der Waals surface area (Å²) in [5.74, 6) is 0.281. The zero-order valence-electron chi connectivity index (χ0n) is 13.0. The molecule has 0 unspecified atom stereocenters. The maximum absolute atomic E-state index is 14.2. The Morgan fingerprint density at radius 1 is 1.12 bits per heavy atom. The normalized spacial score (nSPS) is 11.0. The van der Waals surface area contributed by atoms with E-state index in [9.17, 15) is 4.39 Å². The van der Waals surface area contributed by atoms with Gasteiger partial charge in [0, 0.05) is 10.0 Å². The van der Waals surface area contributed by atoms with Gasteiger partial charge in [0.15, 0.2) is 5.69 Å². The molecule has 124 valence electrons. The van der Waals surface area contributed by atoms with Crippen LogP contribution in [-0.4, -0.2) is 25.1 Å². The molecule has 2 heterocycles. The van der Waals surface area contributed by atoms with Crippen molar-refractivity contribution in [2.45, 2.75) is 6.92 Å². The molecule has 0 saturated carbocycles. The molecule has 4 rings (SSSR count). The van der Waals surface area contributed by atoms with E-state index in [1.807, 2.05) is 30.3 Å². The highest BCUT2D eigenvalue weighted by atomic mass is 79.9. The molecule has 0 aliphatic rings. The molecule has 4 aromatic rings. The van der Waals surface area contributed by atoms with Crippen LogP contribution in [0.15, 0.2) is 57.5 Å². The highest BCUT2D eigenvalue weighted by Gasteiger charge is 2.20. The van der Waals surface area contributed by atoms with Crippen molar-refractivity contribution in [3.63, 3.8) is 0 Å². The molecular formula is C17H11BrFN5O. The molecule has 0 atom stereocenters. The van der Waals surface area contributed by atoms with E-state index < -0.39 is 5.82 Å². The summed E-state index contributed by atoms with van der Waals surface area (Å²) in [5, 5.41) is 12.1. The van der Waals surface area contributed by atoms with Crippen LogP contribution in [0, 0.1) is 12.7 Å². The summed E-state index contributed by atoms with van der Waals surface area (Å²) in [7, 11) is 0. The number of hydrogen-bond acceptors (Lipinski definition) is 5. The fraction of sp³-hybridized carbons (Fsp3) is 0.0588. The van der Waals surface area contributed by atoms with Gasteiger partial charge in [0.2, 0.25) is 5.82 Å². The lowest BCUT2D eigenvalue weighted by atomic mass is 10.2. The fourth-order valence-corrected chi connectivity index (χ4v) is 2.77. The van der Waals surface area contributed by atoms with Gasteiger partial charge in [-0.05, 0) is 25.1 Å². The van der Waals surface area contributed by atoms with Gasteiger partial charge in [0.25, 0.3) is 5.89 Å². The van der Waals surface area contributed by atoms with Crippen molar-refractivity contribution in [1.29, 1.82) is 0 Å². The lowest BCUT2D eigenvalue weighted by Crippen LogP contribution is -2.02. The van der Waals surface area contributed by atoms with Gasteiger partial charge < -0.3 is 4.52 Å². The molecule has 0 N–H and O–H groups in total. The Hall–Kier alpha value is -2.87. The Labute approximate surface area is 150 Å². The van der Waals surface area contributed by atoms with Gasteiger partial charge in [-0.1, -0.05) is 56.6 Å². The highest BCUT2D eigenvalue weighted by molar-refractivity contribution is 9.10. The fourth-order valence-electron chi connectivity index (χ4n) is 2.43.